The molecule has 0 aliphatic carbocycles. The first kappa shape index (κ1) is 24.9. The topological polar surface area (TPSA) is 112 Å². The number of non-ortho nitro benzene ring substituents is 1. The monoisotopic (exact) mass is 517 g/mol. The van der Waals surface area contributed by atoms with Crippen molar-refractivity contribution in [3.05, 3.63) is 81.7 Å². The van der Waals surface area contributed by atoms with E-state index in [0.29, 0.717) is 45.0 Å². The normalized spacial score (nSPS) is 19.3. The third kappa shape index (κ3) is 4.36. The first-order valence-electron chi connectivity index (χ1n) is 12.1. The van der Waals surface area contributed by atoms with Crippen molar-refractivity contribution in [2.45, 2.75) is 20.3 Å². The first-order valence-corrected chi connectivity index (χ1v) is 13.8. The molecule has 3 aromatic rings. The van der Waals surface area contributed by atoms with Crippen LogP contribution in [0.1, 0.15) is 23.4 Å². The van der Waals surface area contributed by atoms with Gasteiger partial charge in [0.2, 0.25) is 0 Å². The molecule has 1 saturated heterocycles. The van der Waals surface area contributed by atoms with E-state index in [1.54, 1.807) is 12.1 Å². The molecule has 0 bridgehead atoms. The van der Waals surface area contributed by atoms with Crippen molar-refractivity contribution >= 4 is 30.2 Å². The number of nitro groups is 1. The van der Waals surface area contributed by atoms with Crippen LogP contribution in [0.3, 0.4) is 0 Å². The Labute approximate surface area is 215 Å². The number of benzene rings is 2. The highest BCUT2D eigenvalue weighted by atomic mass is 31.2. The van der Waals surface area contributed by atoms with Gasteiger partial charge in [0.05, 0.1) is 54.4 Å². The van der Waals surface area contributed by atoms with Gasteiger partial charge in [0.15, 0.2) is 7.36 Å². The molecule has 2 aliphatic rings. The van der Waals surface area contributed by atoms with Gasteiger partial charge >= 0.3 is 0 Å². The molecule has 3 heterocycles. The van der Waals surface area contributed by atoms with Gasteiger partial charge in [-0.1, -0.05) is 18.2 Å². The molecule has 0 N–H and O–H groups in total. The van der Waals surface area contributed by atoms with Crippen LogP contribution in [-0.2, 0) is 4.74 Å². The molecule has 1 atom stereocenters. The summed E-state index contributed by atoms with van der Waals surface area (Å²) in [5.74, 6) is 0. The Kier molecular flexibility index (Phi) is 6.94. The van der Waals surface area contributed by atoms with Crippen LogP contribution in [-0.4, -0.2) is 58.0 Å². The predicted molar refractivity (Wildman–Crippen MR) is 144 cm³/mol. The fraction of sp³-hybridized carbons (Fsp3) is 0.308. The summed E-state index contributed by atoms with van der Waals surface area (Å²) in [6, 6.07) is 18.8. The first-order chi connectivity index (χ1) is 18.0. The smallest absolute Gasteiger partial charge is 0.269 e. The van der Waals surface area contributed by atoms with Gasteiger partial charge in [-0.15, -0.1) is 0 Å². The highest BCUT2D eigenvalue weighted by molar-refractivity contribution is 7.70. The molecule has 0 radical (unpaired) electrons. The van der Waals surface area contributed by atoms with E-state index < -0.39 is 12.3 Å². The molecule has 5 rings (SSSR count). The van der Waals surface area contributed by atoms with Crippen molar-refractivity contribution in [1.82, 2.24) is 14.0 Å². The Morgan fingerprint density at radius 3 is 2.46 bits per heavy atom. The summed E-state index contributed by atoms with van der Waals surface area (Å²) in [6.45, 7) is 7.09. The minimum Gasteiger partial charge on any atom is -0.379 e. The predicted octanol–water partition coefficient (Wildman–Crippen LogP) is 4.89. The zero-order chi connectivity index (χ0) is 26.0. The molecule has 2 aromatic carbocycles. The average Bonchev–Trinajstić information content (AvgIpc) is 3.19. The van der Waals surface area contributed by atoms with Gasteiger partial charge in [-0.2, -0.15) is 10.4 Å². The molecule has 1 aromatic heterocycles. The van der Waals surface area contributed by atoms with Gasteiger partial charge in [-0.25, -0.2) is 14.2 Å². The minimum atomic E-state index is -2.75. The zero-order valence-corrected chi connectivity index (χ0v) is 21.7. The average molecular weight is 518 g/mol. The van der Waals surface area contributed by atoms with Crippen LogP contribution in [0.5, 0.6) is 0 Å². The largest absolute Gasteiger partial charge is 0.379 e. The summed E-state index contributed by atoms with van der Waals surface area (Å²) in [5.41, 5.74) is 4.87. The molecule has 0 saturated carbocycles. The number of aromatic nitrogens is 1. The van der Waals surface area contributed by atoms with E-state index in [9.17, 15) is 15.4 Å². The lowest BCUT2D eigenvalue weighted by molar-refractivity contribution is -0.384. The van der Waals surface area contributed by atoms with Crippen LogP contribution in [0.25, 0.3) is 5.69 Å². The lowest BCUT2D eigenvalue weighted by atomic mass is 10.2. The van der Waals surface area contributed by atoms with Gasteiger partial charge < -0.3 is 9.30 Å². The fourth-order valence-corrected chi connectivity index (χ4v) is 9.05. The van der Waals surface area contributed by atoms with Crippen molar-refractivity contribution in [2.24, 2.45) is 9.85 Å². The number of hydrogen-bond acceptors (Lipinski definition) is 6. The second-order valence-electron chi connectivity index (χ2n) is 8.86. The quantitative estimate of drug-likeness (QED) is 0.262. The third-order valence-corrected chi connectivity index (χ3v) is 10.5. The van der Waals surface area contributed by atoms with E-state index >= 15 is 0 Å². The number of hydrogen-bond donors (Lipinski definition) is 0. The highest BCUT2D eigenvalue weighted by Crippen LogP contribution is 2.61. The number of nitrogens with zero attached hydrogens (tertiary/aromatic N) is 7. The molecular formula is C26H28N7O3P. The summed E-state index contributed by atoms with van der Waals surface area (Å²) in [7, 11) is -2.75. The highest BCUT2D eigenvalue weighted by Gasteiger charge is 2.44. The Balaban J connectivity index is 1.82. The van der Waals surface area contributed by atoms with Crippen LogP contribution in [0.4, 0.5) is 11.4 Å². The van der Waals surface area contributed by atoms with Gasteiger partial charge in [0.25, 0.3) is 5.69 Å². The summed E-state index contributed by atoms with van der Waals surface area (Å²) in [4.78, 5) is 10.9. The number of hydrazone groups is 1. The van der Waals surface area contributed by atoms with Crippen LogP contribution in [0.15, 0.2) is 64.4 Å². The summed E-state index contributed by atoms with van der Waals surface area (Å²) in [6.07, 6.45) is 2.19. The number of nitriles is 1. The number of ether oxygens (including phenoxy) is 1. The maximum absolute atomic E-state index is 11.3. The number of rotatable bonds is 6. The van der Waals surface area contributed by atoms with Crippen LogP contribution < -0.4 is 5.30 Å². The summed E-state index contributed by atoms with van der Waals surface area (Å²) < 4.78 is 17.7. The van der Waals surface area contributed by atoms with Gasteiger partial charge in [0.1, 0.15) is 0 Å². The Hall–Kier alpha value is -3.77. The molecule has 10 nitrogen and oxygen atoms in total. The standard InChI is InChI=1S/C26H28N7O3P/c1-20-25-19-28-31(14-6-13-27)37(30-15-17-36-18-16-30,29-22-9-11-24(12-10-22)33(34)35)26(25)21(2)32(20)23-7-4-3-5-8-23/h3-5,7-12,19H,6,14-18H2,1-2H3/t37-/m1/s1. The Morgan fingerprint density at radius 1 is 1.11 bits per heavy atom. The maximum atomic E-state index is 11.3. The zero-order valence-electron chi connectivity index (χ0n) is 20.8. The van der Waals surface area contributed by atoms with Crippen molar-refractivity contribution in [1.29, 1.82) is 5.26 Å². The molecular weight excluding hydrogens is 489 g/mol. The molecule has 190 valence electrons. The van der Waals surface area contributed by atoms with Gasteiger partial charge in [0, 0.05) is 47.9 Å². The SMILES string of the molecule is Cc1c2c(c(C)n1-c1ccccc1)[P@@](=Nc1ccc([N+](=O)[O-])cc1)(N1CCOCC1)N(CCC#N)N=C2. The van der Waals surface area contributed by atoms with Crippen LogP contribution >= 0.6 is 7.36 Å². The van der Waals surface area contributed by atoms with E-state index in [1.165, 1.54) is 12.1 Å². The lowest BCUT2D eigenvalue weighted by Crippen LogP contribution is -2.44. The molecule has 0 amide bonds. The lowest BCUT2D eigenvalue weighted by Gasteiger charge is -2.45. The minimum absolute atomic E-state index is 0.0173. The summed E-state index contributed by atoms with van der Waals surface area (Å²) >= 11 is 0. The molecule has 37 heavy (non-hydrogen) atoms. The van der Waals surface area contributed by atoms with Crippen LogP contribution in [0, 0.1) is 35.3 Å². The van der Waals surface area contributed by atoms with Crippen molar-refractivity contribution < 1.29 is 9.66 Å². The fourth-order valence-electron chi connectivity index (χ4n) is 5.09. The van der Waals surface area contributed by atoms with E-state index in [-0.39, 0.29) is 5.69 Å². The molecule has 2 aliphatic heterocycles. The van der Waals surface area contributed by atoms with E-state index in [1.807, 2.05) is 29.2 Å². The molecule has 0 unspecified atom stereocenters. The van der Waals surface area contributed by atoms with E-state index in [4.69, 9.17) is 14.6 Å². The number of morpholine rings is 1. The van der Waals surface area contributed by atoms with Crippen molar-refractivity contribution in [3.8, 4) is 11.8 Å². The maximum Gasteiger partial charge on any atom is 0.269 e. The van der Waals surface area contributed by atoms with E-state index in [2.05, 4.69) is 41.3 Å². The number of para-hydroxylation sites is 1. The second kappa shape index (κ2) is 10.3. The van der Waals surface area contributed by atoms with E-state index in [0.717, 1.165) is 27.9 Å². The Morgan fingerprint density at radius 2 is 1.81 bits per heavy atom. The number of fused-ring (bicyclic) bond motifs is 1. The number of nitro benzene ring substituents is 1. The second-order valence-corrected chi connectivity index (χ2v) is 11.7. The Bertz CT molecular complexity index is 1440. The van der Waals surface area contributed by atoms with Crippen molar-refractivity contribution in [3.63, 3.8) is 0 Å². The third-order valence-electron chi connectivity index (χ3n) is 6.74. The summed E-state index contributed by atoms with van der Waals surface area (Å²) in [5, 5.41) is 26.7. The molecule has 11 heteroatoms. The van der Waals surface area contributed by atoms with Gasteiger partial charge in [-0.3, -0.25) is 10.1 Å². The van der Waals surface area contributed by atoms with Gasteiger partial charge in [-0.05, 0) is 38.1 Å². The molecule has 1 fully saturated rings. The molecule has 0 spiro atoms. The van der Waals surface area contributed by atoms with Crippen molar-refractivity contribution in [2.75, 3.05) is 32.8 Å². The van der Waals surface area contributed by atoms with Crippen LogP contribution in [0.2, 0.25) is 0 Å².